The molecule has 0 radical (unpaired) electrons. The van der Waals surface area contributed by atoms with Crippen LogP contribution in [0.2, 0.25) is 0 Å². The fourth-order valence-corrected chi connectivity index (χ4v) is 2.90. The second-order valence-electron chi connectivity index (χ2n) is 4.43. The molecule has 3 atom stereocenters. The van der Waals surface area contributed by atoms with Gasteiger partial charge in [0.1, 0.15) is 0 Å². The first-order valence-electron chi connectivity index (χ1n) is 5.28. The Kier molecular flexibility index (Phi) is 2.44. The van der Waals surface area contributed by atoms with Gasteiger partial charge in [0.25, 0.3) is 0 Å². The molecule has 2 amide bonds. The molecule has 3 N–H and O–H groups in total. The molecule has 0 heterocycles. The van der Waals surface area contributed by atoms with Gasteiger partial charge in [-0.3, -0.25) is 0 Å². The van der Waals surface area contributed by atoms with Gasteiger partial charge < -0.3 is 5.73 Å². The van der Waals surface area contributed by atoms with Crippen LogP contribution in [-0.4, -0.2) is 11.7 Å². The third kappa shape index (κ3) is 1.61. The Morgan fingerprint density at radius 1 is 1.50 bits per heavy atom. The van der Waals surface area contributed by atoms with E-state index in [1.54, 1.807) is 0 Å². The first-order chi connectivity index (χ1) is 6.68. The van der Waals surface area contributed by atoms with Gasteiger partial charge in [-0.2, -0.15) is 5.10 Å². The maximum atomic E-state index is 10.5. The molecule has 2 fully saturated rings. The second kappa shape index (κ2) is 3.59. The molecule has 14 heavy (non-hydrogen) atoms. The lowest BCUT2D eigenvalue weighted by molar-refractivity contribution is 0.160. The van der Waals surface area contributed by atoms with E-state index >= 15 is 0 Å². The largest absolute Gasteiger partial charge is 0.350 e. The zero-order chi connectivity index (χ0) is 10.1. The van der Waals surface area contributed by atoms with Crippen LogP contribution in [0.3, 0.4) is 0 Å². The summed E-state index contributed by atoms with van der Waals surface area (Å²) >= 11 is 0. The number of primary amides is 1. The van der Waals surface area contributed by atoms with Crippen LogP contribution in [0, 0.1) is 17.8 Å². The molecule has 0 saturated heterocycles. The number of nitrogens with two attached hydrogens (primary N) is 1. The van der Waals surface area contributed by atoms with Gasteiger partial charge in [0.15, 0.2) is 0 Å². The Labute approximate surface area is 83.9 Å². The number of urea groups is 1. The van der Waals surface area contributed by atoms with Crippen molar-refractivity contribution in [3.63, 3.8) is 0 Å². The highest BCUT2D eigenvalue weighted by Gasteiger charge is 2.44. The molecule has 2 aliphatic rings. The summed E-state index contributed by atoms with van der Waals surface area (Å²) in [5.41, 5.74) is 8.29. The number of amides is 2. The molecule has 4 heteroatoms. The summed E-state index contributed by atoms with van der Waals surface area (Å²) in [6.07, 6.45) is 5.33. The van der Waals surface area contributed by atoms with E-state index in [1.165, 1.54) is 25.7 Å². The molecule has 78 valence electrons. The summed E-state index contributed by atoms with van der Waals surface area (Å²) in [6, 6.07) is -0.577. The molecule has 0 unspecified atom stereocenters. The van der Waals surface area contributed by atoms with Crippen LogP contribution in [0.5, 0.6) is 0 Å². The Bertz CT molecular complexity index is 275. The van der Waals surface area contributed by atoms with Crippen molar-refractivity contribution in [1.82, 2.24) is 5.43 Å². The minimum atomic E-state index is -0.577. The van der Waals surface area contributed by atoms with Gasteiger partial charge in [-0.1, -0.05) is 12.8 Å². The molecule has 0 bridgehead atoms. The third-order valence-corrected chi connectivity index (χ3v) is 3.67. The maximum absolute atomic E-state index is 10.5. The van der Waals surface area contributed by atoms with E-state index in [1.807, 2.05) is 6.92 Å². The van der Waals surface area contributed by atoms with E-state index in [9.17, 15) is 4.79 Å². The third-order valence-electron chi connectivity index (χ3n) is 3.67. The van der Waals surface area contributed by atoms with Gasteiger partial charge in [-0.25, -0.2) is 10.2 Å². The van der Waals surface area contributed by atoms with E-state index < -0.39 is 6.03 Å². The van der Waals surface area contributed by atoms with Gasteiger partial charge in [-0.05, 0) is 31.6 Å². The maximum Gasteiger partial charge on any atom is 0.332 e. The van der Waals surface area contributed by atoms with Crippen LogP contribution in [-0.2, 0) is 0 Å². The number of fused-ring (bicyclic) bond motifs is 1. The van der Waals surface area contributed by atoms with Crippen molar-refractivity contribution in [1.29, 1.82) is 0 Å². The summed E-state index contributed by atoms with van der Waals surface area (Å²) in [5.74, 6) is 2.35. The second-order valence-corrected chi connectivity index (χ2v) is 4.43. The standard InChI is InChI=1S/C10H17N3O/c1-6(12-13-10(11)14)9-5-7-3-2-4-8(7)9/h7-9H,2-5H2,1H3,(H3,11,13,14)/b12-6+/t7-,8-,9+/m1/s1. The number of hydrazone groups is 1. The van der Waals surface area contributed by atoms with Crippen LogP contribution < -0.4 is 11.2 Å². The predicted molar refractivity (Wildman–Crippen MR) is 54.8 cm³/mol. The highest BCUT2D eigenvalue weighted by Crippen LogP contribution is 2.51. The molecule has 2 saturated carbocycles. The molecule has 2 rings (SSSR count). The molecule has 2 aliphatic carbocycles. The Morgan fingerprint density at radius 3 is 2.93 bits per heavy atom. The van der Waals surface area contributed by atoms with E-state index in [-0.39, 0.29) is 0 Å². The fourth-order valence-electron chi connectivity index (χ4n) is 2.90. The number of hydrogen-bond donors (Lipinski definition) is 2. The molecule has 0 aliphatic heterocycles. The monoisotopic (exact) mass is 195 g/mol. The minimum absolute atomic E-state index is 0.577. The summed E-state index contributed by atoms with van der Waals surface area (Å²) in [5, 5.41) is 4.00. The first-order valence-corrected chi connectivity index (χ1v) is 5.28. The summed E-state index contributed by atoms with van der Waals surface area (Å²) in [7, 11) is 0. The van der Waals surface area contributed by atoms with Gasteiger partial charge in [0.05, 0.1) is 0 Å². The minimum Gasteiger partial charge on any atom is -0.350 e. The first kappa shape index (κ1) is 9.49. The SMILES string of the molecule is C/C(=N\NC(N)=O)[C@@H]1C[C@H]2CCC[C@H]21. The topological polar surface area (TPSA) is 67.5 Å². The van der Waals surface area contributed by atoms with E-state index in [4.69, 9.17) is 5.73 Å². The molecule has 0 aromatic rings. The van der Waals surface area contributed by atoms with Gasteiger partial charge in [0.2, 0.25) is 0 Å². The lowest BCUT2D eigenvalue weighted by atomic mass is 9.65. The zero-order valence-electron chi connectivity index (χ0n) is 8.49. The normalized spacial score (nSPS) is 36.1. The average Bonchev–Trinajstić information content (AvgIpc) is 2.44. The highest BCUT2D eigenvalue weighted by molar-refractivity contribution is 5.86. The number of hydrogen-bond acceptors (Lipinski definition) is 2. The van der Waals surface area contributed by atoms with Crippen LogP contribution in [0.15, 0.2) is 5.10 Å². The summed E-state index contributed by atoms with van der Waals surface area (Å²) in [6.45, 7) is 1.98. The number of rotatable bonds is 2. The number of carbonyl (C=O) groups is 1. The van der Waals surface area contributed by atoms with Crippen LogP contribution >= 0.6 is 0 Å². The molecule has 0 aromatic carbocycles. The molecular formula is C10H17N3O. The van der Waals surface area contributed by atoms with Crippen molar-refractivity contribution in [2.24, 2.45) is 28.6 Å². The fraction of sp³-hybridized carbons (Fsp3) is 0.800. The quantitative estimate of drug-likeness (QED) is 0.508. The van der Waals surface area contributed by atoms with Crippen molar-refractivity contribution in [2.45, 2.75) is 32.6 Å². The van der Waals surface area contributed by atoms with Crippen molar-refractivity contribution >= 4 is 11.7 Å². The van der Waals surface area contributed by atoms with Crippen LogP contribution in [0.25, 0.3) is 0 Å². The smallest absolute Gasteiger partial charge is 0.332 e. The lowest BCUT2D eigenvalue weighted by Gasteiger charge is -2.40. The predicted octanol–water partition coefficient (Wildman–Crippen LogP) is 1.47. The molecular weight excluding hydrogens is 178 g/mol. The van der Waals surface area contributed by atoms with Gasteiger partial charge >= 0.3 is 6.03 Å². The Hall–Kier alpha value is -1.06. The highest BCUT2D eigenvalue weighted by atomic mass is 16.2. The van der Waals surface area contributed by atoms with Gasteiger partial charge in [0, 0.05) is 11.6 Å². The van der Waals surface area contributed by atoms with Crippen molar-refractivity contribution in [3.8, 4) is 0 Å². The number of nitrogens with zero attached hydrogens (tertiary/aromatic N) is 1. The number of nitrogens with one attached hydrogen (secondary N) is 1. The number of carbonyl (C=O) groups excluding carboxylic acids is 1. The van der Waals surface area contributed by atoms with Crippen molar-refractivity contribution < 1.29 is 4.79 Å². The van der Waals surface area contributed by atoms with E-state index in [2.05, 4.69) is 10.5 Å². The molecule has 0 spiro atoms. The molecule has 0 aromatic heterocycles. The zero-order valence-corrected chi connectivity index (χ0v) is 8.49. The van der Waals surface area contributed by atoms with Crippen molar-refractivity contribution in [2.75, 3.05) is 0 Å². The van der Waals surface area contributed by atoms with Crippen molar-refractivity contribution in [3.05, 3.63) is 0 Å². The van der Waals surface area contributed by atoms with E-state index in [0.717, 1.165) is 17.5 Å². The molecule has 4 nitrogen and oxygen atoms in total. The Balaban J connectivity index is 1.90. The summed E-state index contributed by atoms with van der Waals surface area (Å²) in [4.78, 5) is 10.5. The van der Waals surface area contributed by atoms with Crippen LogP contribution in [0.1, 0.15) is 32.6 Å². The van der Waals surface area contributed by atoms with Crippen LogP contribution in [0.4, 0.5) is 4.79 Å². The van der Waals surface area contributed by atoms with E-state index in [0.29, 0.717) is 5.92 Å². The summed E-state index contributed by atoms with van der Waals surface area (Å²) < 4.78 is 0. The average molecular weight is 195 g/mol. The van der Waals surface area contributed by atoms with Gasteiger partial charge in [-0.15, -0.1) is 0 Å². The lowest BCUT2D eigenvalue weighted by Crippen LogP contribution is -2.38. The Morgan fingerprint density at radius 2 is 2.29 bits per heavy atom.